The van der Waals surface area contributed by atoms with Gasteiger partial charge in [0.15, 0.2) is 6.10 Å². The Hall–Kier alpha value is -0.740. The minimum atomic E-state index is -0.375. The van der Waals surface area contributed by atoms with Crippen molar-refractivity contribution in [3.05, 3.63) is 23.3 Å². The first-order chi connectivity index (χ1) is 6.27. The second-order valence-electron chi connectivity index (χ2n) is 3.10. The van der Waals surface area contributed by atoms with Crippen LogP contribution in [-0.2, 0) is 9.53 Å². The van der Waals surface area contributed by atoms with Crippen LogP contribution in [0.15, 0.2) is 23.3 Å². The van der Waals surface area contributed by atoms with E-state index >= 15 is 0 Å². The molecule has 70 valence electrons. The van der Waals surface area contributed by atoms with Gasteiger partial charge in [0.2, 0.25) is 0 Å². The van der Waals surface area contributed by atoms with Crippen molar-refractivity contribution in [1.29, 1.82) is 0 Å². The molecule has 1 atom stereocenters. The molecule has 1 N–H and O–H groups in total. The Labute approximate surface area is 81.2 Å². The molecule has 2 aliphatic heterocycles. The number of carbonyl (C=O) groups excluding carboxylic acids is 1. The molecule has 0 aromatic heterocycles. The fraction of sp³-hybridized carbons (Fsp3) is 0.444. The average molecular weight is 197 g/mol. The SMILES string of the molecule is C=C1COC(C2=CSCC2)C(=O)N1. The van der Waals surface area contributed by atoms with Gasteiger partial charge in [-0.1, -0.05) is 6.58 Å². The largest absolute Gasteiger partial charge is 0.358 e. The van der Waals surface area contributed by atoms with Crippen LogP contribution < -0.4 is 5.32 Å². The first-order valence-corrected chi connectivity index (χ1v) is 5.23. The van der Waals surface area contributed by atoms with E-state index in [-0.39, 0.29) is 12.0 Å². The van der Waals surface area contributed by atoms with E-state index < -0.39 is 0 Å². The molecular formula is C9H11NO2S. The summed E-state index contributed by atoms with van der Waals surface area (Å²) in [5.74, 6) is 0.980. The maximum absolute atomic E-state index is 11.4. The fourth-order valence-corrected chi connectivity index (χ4v) is 2.33. The van der Waals surface area contributed by atoms with Crippen LogP contribution in [0.25, 0.3) is 0 Å². The van der Waals surface area contributed by atoms with Gasteiger partial charge >= 0.3 is 0 Å². The molecule has 0 saturated carbocycles. The number of hydrogen-bond acceptors (Lipinski definition) is 3. The van der Waals surface area contributed by atoms with Gasteiger partial charge in [0.25, 0.3) is 5.91 Å². The molecule has 1 saturated heterocycles. The Morgan fingerprint density at radius 1 is 1.69 bits per heavy atom. The topological polar surface area (TPSA) is 38.3 Å². The summed E-state index contributed by atoms with van der Waals surface area (Å²) in [6, 6.07) is 0. The van der Waals surface area contributed by atoms with E-state index in [0.717, 1.165) is 17.7 Å². The maximum atomic E-state index is 11.4. The van der Waals surface area contributed by atoms with Crippen molar-refractivity contribution in [3.63, 3.8) is 0 Å². The number of amides is 1. The highest BCUT2D eigenvalue weighted by molar-refractivity contribution is 8.02. The van der Waals surface area contributed by atoms with Crippen LogP contribution in [0, 0.1) is 0 Å². The molecule has 0 bridgehead atoms. The van der Waals surface area contributed by atoms with E-state index in [4.69, 9.17) is 4.74 Å². The van der Waals surface area contributed by atoms with E-state index in [1.54, 1.807) is 11.8 Å². The molecular weight excluding hydrogens is 186 g/mol. The molecule has 1 unspecified atom stereocenters. The van der Waals surface area contributed by atoms with Crippen molar-refractivity contribution in [2.75, 3.05) is 12.4 Å². The predicted molar refractivity (Wildman–Crippen MR) is 52.2 cm³/mol. The zero-order valence-corrected chi connectivity index (χ0v) is 8.02. The van der Waals surface area contributed by atoms with Crippen molar-refractivity contribution in [1.82, 2.24) is 5.32 Å². The minimum Gasteiger partial charge on any atom is -0.358 e. The van der Waals surface area contributed by atoms with Gasteiger partial charge in [-0.25, -0.2) is 0 Å². The summed E-state index contributed by atoms with van der Waals surface area (Å²) in [6.45, 7) is 4.07. The number of thioether (sulfide) groups is 1. The normalized spacial score (nSPS) is 28.6. The van der Waals surface area contributed by atoms with Gasteiger partial charge in [-0.05, 0) is 17.4 Å². The van der Waals surface area contributed by atoms with Gasteiger partial charge in [-0.2, -0.15) is 0 Å². The zero-order valence-electron chi connectivity index (χ0n) is 7.21. The number of morpholine rings is 1. The predicted octanol–water partition coefficient (Wildman–Crippen LogP) is 1.04. The summed E-state index contributed by atoms with van der Waals surface area (Å²) in [7, 11) is 0. The molecule has 0 aliphatic carbocycles. The Kier molecular flexibility index (Phi) is 2.42. The van der Waals surface area contributed by atoms with E-state index in [0.29, 0.717) is 12.3 Å². The van der Waals surface area contributed by atoms with Gasteiger partial charge in [-0.3, -0.25) is 4.79 Å². The molecule has 1 amide bonds. The standard InChI is InChI=1S/C9H11NO2S/c1-6-4-12-8(9(11)10-6)7-2-3-13-5-7/h5,8H,1-4H2,(H,10,11). The van der Waals surface area contributed by atoms with Crippen LogP contribution in [0.5, 0.6) is 0 Å². The summed E-state index contributed by atoms with van der Waals surface area (Å²) >= 11 is 1.73. The van der Waals surface area contributed by atoms with Gasteiger partial charge in [-0.15, -0.1) is 11.8 Å². The van der Waals surface area contributed by atoms with Crippen LogP contribution in [0.2, 0.25) is 0 Å². The van der Waals surface area contributed by atoms with Gasteiger partial charge in [0.1, 0.15) is 0 Å². The number of carbonyl (C=O) groups is 1. The molecule has 0 aromatic carbocycles. The molecule has 4 heteroatoms. The maximum Gasteiger partial charge on any atom is 0.257 e. The van der Waals surface area contributed by atoms with Crippen molar-refractivity contribution < 1.29 is 9.53 Å². The first-order valence-electron chi connectivity index (χ1n) is 4.18. The highest BCUT2D eigenvalue weighted by Gasteiger charge is 2.29. The van der Waals surface area contributed by atoms with Crippen molar-refractivity contribution in [3.8, 4) is 0 Å². The van der Waals surface area contributed by atoms with E-state index in [1.807, 2.05) is 5.41 Å². The first kappa shape index (κ1) is 8.84. The van der Waals surface area contributed by atoms with Gasteiger partial charge in [0.05, 0.1) is 6.61 Å². The van der Waals surface area contributed by atoms with Gasteiger partial charge < -0.3 is 10.1 Å². The Balaban J connectivity index is 2.07. The van der Waals surface area contributed by atoms with Gasteiger partial charge in [0, 0.05) is 11.4 Å². The fourth-order valence-electron chi connectivity index (χ4n) is 1.41. The molecule has 13 heavy (non-hydrogen) atoms. The summed E-state index contributed by atoms with van der Waals surface area (Å²) in [5, 5.41) is 4.72. The summed E-state index contributed by atoms with van der Waals surface area (Å²) in [5.41, 5.74) is 1.74. The molecule has 2 rings (SSSR count). The van der Waals surface area contributed by atoms with Crippen LogP contribution in [0.4, 0.5) is 0 Å². The lowest BCUT2D eigenvalue weighted by Crippen LogP contribution is -2.43. The van der Waals surface area contributed by atoms with Crippen molar-refractivity contribution in [2.24, 2.45) is 0 Å². The number of nitrogens with one attached hydrogen (secondary N) is 1. The third-order valence-electron chi connectivity index (χ3n) is 2.04. The monoisotopic (exact) mass is 197 g/mol. The highest BCUT2D eigenvalue weighted by Crippen LogP contribution is 2.27. The minimum absolute atomic E-state index is 0.0787. The quantitative estimate of drug-likeness (QED) is 0.682. The number of rotatable bonds is 1. The Bertz CT molecular complexity index is 285. The molecule has 2 heterocycles. The number of hydrogen-bond donors (Lipinski definition) is 1. The zero-order chi connectivity index (χ0) is 9.26. The molecule has 1 fully saturated rings. The number of ether oxygens (including phenoxy) is 1. The Morgan fingerprint density at radius 2 is 2.54 bits per heavy atom. The lowest BCUT2D eigenvalue weighted by Gasteiger charge is -2.24. The lowest BCUT2D eigenvalue weighted by molar-refractivity contribution is -0.132. The van der Waals surface area contributed by atoms with E-state index in [9.17, 15) is 4.79 Å². The van der Waals surface area contributed by atoms with Crippen LogP contribution in [0.3, 0.4) is 0 Å². The Morgan fingerprint density at radius 3 is 3.15 bits per heavy atom. The van der Waals surface area contributed by atoms with Crippen molar-refractivity contribution in [2.45, 2.75) is 12.5 Å². The lowest BCUT2D eigenvalue weighted by atomic mass is 10.1. The average Bonchev–Trinajstić information content (AvgIpc) is 2.56. The third kappa shape index (κ3) is 1.78. The van der Waals surface area contributed by atoms with Crippen LogP contribution in [-0.4, -0.2) is 24.4 Å². The molecule has 0 spiro atoms. The smallest absolute Gasteiger partial charge is 0.257 e. The third-order valence-corrected chi connectivity index (χ3v) is 2.95. The van der Waals surface area contributed by atoms with E-state index in [1.165, 1.54) is 0 Å². The molecule has 0 aromatic rings. The molecule has 2 aliphatic rings. The second kappa shape index (κ2) is 3.55. The molecule has 3 nitrogen and oxygen atoms in total. The van der Waals surface area contributed by atoms with Crippen molar-refractivity contribution >= 4 is 17.7 Å². The second-order valence-corrected chi connectivity index (χ2v) is 4.07. The summed E-state index contributed by atoms with van der Waals surface area (Å²) in [4.78, 5) is 11.4. The molecule has 0 radical (unpaired) electrons. The summed E-state index contributed by atoms with van der Waals surface area (Å²) < 4.78 is 5.39. The van der Waals surface area contributed by atoms with Crippen LogP contribution >= 0.6 is 11.8 Å². The highest BCUT2D eigenvalue weighted by atomic mass is 32.2. The van der Waals surface area contributed by atoms with E-state index in [2.05, 4.69) is 11.9 Å². The summed E-state index contributed by atoms with van der Waals surface area (Å²) in [6.07, 6.45) is 0.579. The van der Waals surface area contributed by atoms with Crippen LogP contribution in [0.1, 0.15) is 6.42 Å².